The highest BCUT2D eigenvalue weighted by atomic mass is 35.5. The van der Waals surface area contributed by atoms with E-state index < -0.39 is 6.03 Å². The fraction of sp³-hybridized carbons (Fsp3) is 0.200. The Morgan fingerprint density at radius 2 is 2.25 bits per heavy atom. The number of ether oxygens (including phenoxy) is 1. The van der Waals surface area contributed by atoms with Crippen LogP contribution in [0.3, 0.4) is 0 Å². The highest BCUT2D eigenvalue weighted by Crippen LogP contribution is 2.25. The zero-order valence-corrected chi connectivity index (χ0v) is 9.71. The van der Waals surface area contributed by atoms with E-state index in [0.29, 0.717) is 16.5 Å². The van der Waals surface area contributed by atoms with Crippen LogP contribution in [-0.4, -0.2) is 18.9 Å². The first-order valence-electron chi connectivity index (χ1n) is 4.48. The van der Waals surface area contributed by atoms with E-state index in [0.717, 1.165) is 5.56 Å². The van der Waals surface area contributed by atoms with Crippen molar-refractivity contribution < 1.29 is 9.53 Å². The molecule has 0 unspecified atom stereocenters. The number of nitrogens with one attached hydrogen (secondary N) is 1. The smallest absolute Gasteiger partial charge is 0.332 e. The van der Waals surface area contributed by atoms with Gasteiger partial charge in [-0.1, -0.05) is 11.6 Å². The number of rotatable bonds is 3. The average Bonchev–Trinajstić information content (AvgIpc) is 2.25. The zero-order valence-electron chi connectivity index (χ0n) is 8.95. The van der Waals surface area contributed by atoms with Crippen LogP contribution in [0.25, 0.3) is 0 Å². The number of methoxy groups -OCH3 is 1. The number of carbonyl (C=O) groups is 1. The first kappa shape index (κ1) is 12.3. The summed E-state index contributed by atoms with van der Waals surface area (Å²) >= 11 is 5.94. The Hall–Kier alpha value is -1.75. The Labute approximate surface area is 98.2 Å². The van der Waals surface area contributed by atoms with Crippen LogP contribution in [0.2, 0.25) is 5.02 Å². The fourth-order valence-electron chi connectivity index (χ4n) is 1.09. The van der Waals surface area contributed by atoms with E-state index in [1.54, 1.807) is 25.1 Å². The van der Waals surface area contributed by atoms with E-state index in [-0.39, 0.29) is 0 Å². The number of primary amides is 1. The van der Waals surface area contributed by atoms with Gasteiger partial charge >= 0.3 is 6.03 Å². The third-order valence-electron chi connectivity index (χ3n) is 1.90. The largest absolute Gasteiger partial charge is 0.495 e. The second kappa shape index (κ2) is 5.37. The maximum Gasteiger partial charge on any atom is 0.332 e. The van der Waals surface area contributed by atoms with Gasteiger partial charge in [0.1, 0.15) is 5.75 Å². The summed E-state index contributed by atoms with van der Waals surface area (Å²) in [5.41, 5.74) is 8.41. The minimum absolute atomic E-state index is 0.480. The highest BCUT2D eigenvalue weighted by Gasteiger charge is 2.04. The van der Waals surface area contributed by atoms with Crippen molar-refractivity contribution in [3.8, 4) is 5.75 Å². The van der Waals surface area contributed by atoms with Crippen LogP contribution < -0.4 is 15.9 Å². The van der Waals surface area contributed by atoms with Crippen molar-refractivity contribution >= 4 is 23.3 Å². The molecule has 86 valence electrons. The van der Waals surface area contributed by atoms with E-state index in [4.69, 9.17) is 22.1 Å². The van der Waals surface area contributed by atoms with Gasteiger partial charge in [0.2, 0.25) is 0 Å². The molecule has 2 amide bonds. The van der Waals surface area contributed by atoms with Crippen LogP contribution in [0.5, 0.6) is 5.75 Å². The molecule has 0 spiro atoms. The van der Waals surface area contributed by atoms with Crippen LogP contribution in [0.4, 0.5) is 4.79 Å². The summed E-state index contributed by atoms with van der Waals surface area (Å²) in [5.74, 6) is 0.584. The predicted octanol–water partition coefficient (Wildman–Crippen LogP) is 1.74. The summed E-state index contributed by atoms with van der Waals surface area (Å²) < 4.78 is 5.02. The second-order valence-electron chi connectivity index (χ2n) is 3.02. The molecule has 1 aromatic carbocycles. The number of nitrogens with two attached hydrogens (primary N) is 1. The molecule has 0 saturated carbocycles. The van der Waals surface area contributed by atoms with Crippen molar-refractivity contribution in [1.29, 1.82) is 0 Å². The lowest BCUT2D eigenvalue weighted by molar-refractivity contribution is 0.249. The molecule has 1 aromatic rings. The summed E-state index contributed by atoms with van der Waals surface area (Å²) in [4.78, 5) is 10.5. The van der Waals surface area contributed by atoms with E-state index in [1.807, 2.05) is 0 Å². The summed E-state index contributed by atoms with van der Waals surface area (Å²) in [6.45, 7) is 1.73. The van der Waals surface area contributed by atoms with Crippen molar-refractivity contribution in [3.05, 3.63) is 28.8 Å². The first-order valence-corrected chi connectivity index (χ1v) is 4.86. The molecule has 0 aliphatic carbocycles. The molecule has 0 atom stereocenters. The molecule has 5 nitrogen and oxygen atoms in total. The molecular weight excluding hydrogens is 230 g/mol. The third-order valence-corrected chi connectivity index (χ3v) is 2.20. The third kappa shape index (κ3) is 3.13. The van der Waals surface area contributed by atoms with Crippen LogP contribution in [-0.2, 0) is 0 Å². The van der Waals surface area contributed by atoms with Gasteiger partial charge in [-0.15, -0.1) is 0 Å². The highest BCUT2D eigenvalue weighted by molar-refractivity contribution is 6.32. The molecule has 0 aliphatic rings. The lowest BCUT2D eigenvalue weighted by Crippen LogP contribution is -2.25. The maximum atomic E-state index is 10.5. The van der Waals surface area contributed by atoms with Gasteiger partial charge in [-0.2, -0.15) is 5.10 Å². The monoisotopic (exact) mass is 241 g/mol. The SMILES string of the molecule is COc1ccc(/C(C)=N\NC(N)=O)cc1Cl. The van der Waals surface area contributed by atoms with Gasteiger partial charge < -0.3 is 10.5 Å². The zero-order chi connectivity index (χ0) is 12.1. The second-order valence-corrected chi connectivity index (χ2v) is 3.43. The topological polar surface area (TPSA) is 76.7 Å². The number of hydrogen-bond donors (Lipinski definition) is 2. The molecule has 0 heterocycles. The standard InChI is InChI=1S/C10H12ClN3O2/c1-6(13-14-10(12)15)7-3-4-9(16-2)8(11)5-7/h3-5H,1-2H3,(H3,12,14,15)/b13-6-. The van der Waals surface area contributed by atoms with Gasteiger partial charge in [0.05, 0.1) is 17.8 Å². The Kier molecular flexibility index (Phi) is 4.13. The number of halogens is 1. The minimum atomic E-state index is -0.709. The van der Waals surface area contributed by atoms with Gasteiger partial charge in [0, 0.05) is 0 Å². The Morgan fingerprint density at radius 3 is 2.75 bits per heavy atom. The van der Waals surface area contributed by atoms with Gasteiger partial charge in [-0.3, -0.25) is 0 Å². The molecule has 0 saturated heterocycles. The van der Waals surface area contributed by atoms with Crippen molar-refractivity contribution in [2.24, 2.45) is 10.8 Å². The number of urea groups is 1. The number of hydrogen-bond acceptors (Lipinski definition) is 3. The lowest BCUT2D eigenvalue weighted by Gasteiger charge is -2.05. The van der Waals surface area contributed by atoms with Gasteiger partial charge in [-0.25, -0.2) is 10.2 Å². The fourth-order valence-corrected chi connectivity index (χ4v) is 1.35. The molecule has 1 rings (SSSR count). The molecule has 3 N–H and O–H groups in total. The molecule has 0 aliphatic heterocycles. The van der Waals surface area contributed by atoms with Gasteiger partial charge in [-0.05, 0) is 30.7 Å². The quantitative estimate of drug-likeness (QED) is 0.625. The Balaban J connectivity index is 2.92. The molecule has 0 radical (unpaired) electrons. The maximum absolute atomic E-state index is 10.5. The lowest BCUT2D eigenvalue weighted by atomic mass is 10.1. The molecule has 6 heteroatoms. The number of amides is 2. The minimum Gasteiger partial charge on any atom is -0.495 e. The average molecular weight is 242 g/mol. The molecule has 16 heavy (non-hydrogen) atoms. The van der Waals surface area contributed by atoms with Gasteiger partial charge in [0.25, 0.3) is 0 Å². The number of benzene rings is 1. The normalized spacial score (nSPS) is 11.1. The van der Waals surface area contributed by atoms with Crippen molar-refractivity contribution in [3.63, 3.8) is 0 Å². The predicted molar refractivity (Wildman–Crippen MR) is 62.9 cm³/mol. The van der Waals surface area contributed by atoms with Crippen molar-refractivity contribution in [2.45, 2.75) is 6.92 Å². The van der Waals surface area contributed by atoms with E-state index >= 15 is 0 Å². The Morgan fingerprint density at radius 1 is 1.56 bits per heavy atom. The Bertz CT molecular complexity index is 432. The van der Waals surface area contributed by atoms with Crippen LogP contribution in [0, 0.1) is 0 Å². The van der Waals surface area contributed by atoms with Gasteiger partial charge in [0.15, 0.2) is 0 Å². The van der Waals surface area contributed by atoms with Crippen LogP contribution in [0.15, 0.2) is 23.3 Å². The summed E-state index contributed by atoms with van der Waals surface area (Å²) in [6, 6.07) is 4.49. The first-order chi connectivity index (χ1) is 7.54. The summed E-state index contributed by atoms with van der Waals surface area (Å²) in [6.07, 6.45) is 0. The molecular formula is C10H12ClN3O2. The molecule has 0 bridgehead atoms. The van der Waals surface area contributed by atoms with E-state index in [2.05, 4.69) is 10.5 Å². The number of carbonyl (C=O) groups excluding carboxylic acids is 1. The van der Waals surface area contributed by atoms with Crippen molar-refractivity contribution in [2.75, 3.05) is 7.11 Å². The molecule has 0 fully saturated rings. The number of hydrazone groups is 1. The number of nitrogens with zero attached hydrogens (tertiary/aromatic N) is 1. The van der Waals surface area contributed by atoms with E-state index in [9.17, 15) is 4.79 Å². The summed E-state index contributed by atoms with van der Waals surface area (Å²) in [7, 11) is 1.54. The van der Waals surface area contributed by atoms with Crippen LogP contribution >= 0.6 is 11.6 Å². The van der Waals surface area contributed by atoms with Crippen molar-refractivity contribution in [1.82, 2.24) is 5.43 Å². The summed E-state index contributed by atoms with van der Waals surface area (Å²) in [5, 5.41) is 4.26. The van der Waals surface area contributed by atoms with Crippen LogP contribution in [0.1, 0.15) is 12.5 Å². The van der Waals surface area contributed by atoms with E-state index in [1.165, 1.54) is 7.11 Å². The molecule has 0 aromatic heterocycles.